The van der Waals surface area contributed by atoms with Gasteiger partial charge in [-0.1, -0.05) is 56.3 Å². The van der Waals surface area contributed by atoms with Crippen molar-refractivity contribution in [2.75, 3.05) is 0 Å². The maximum Gasteiger partial charge on any atom is 0.145 e. The number of rotatable bonds is 1. The lowest BCUT2D eigenvalue weighted by Crippen LogP contribution is -2.51. The lowest BCUT2D eigenvalue weighted by atomic mass is 9.51. The lowest BCUT2D eigenvalue weighted by molar-refractivity contribution is 0.109. The molecule has 0 unspecified atom stereocenters. The molecule has 0 bridgehead atoms. The SMILES string of the molecule is CC1(C)c2oncc2C[C@]2(C)c3[nH]nc(-c4ccccc4)c3CC[C@@H]12. The summed E-state index contributed by atoms with van der Waals surface area (Å²) in [5.41, 5.74) is 6.27. The van der Waals surface area contributed by atoms with Crippen molar-refractivity contribution in [3.05, 3.63) is 59.1 Å². The molecule has 2 heterocycles. The molecule has 0 spiro atoms. The average molecular weight is 333 g/mol. The van der Waals surface area contributed by atoms with Crippen LogP contribution in [0.25, 0.3) is 11.3 Å². The van der Waals surface area contributed by atoms with Gasteiger partial charge in [0.15, 0.2) is 0 Å². The Morgan fingerprint density at radius 2 is 1.96 bits per heavy atom. The van der Waals surface area contributed by atoms with Crippen molar-refractivity contribution >= 4 is 0 Å². The van der Waals surface area contributed by atoms with Gasteiger partial charge in [0.05, 0.1) is 11.9 Å². The van der Waals surface area contributed by atoms with Gasteiger partial charge in [-0.3, -0.25) is 5.10 Å². The number of nitrogens with zero attached hydrogens (tertiary/aromatic N) is 2. The molecule has 0 aliphatic heterocycles. The number of benzene rings is 1. The monoisotopic (exact) mass is 333 g/mol. The van der Waals surface area contributed by atoms with Crippen LogP contribution in [0, 0.1) is 5.92 Å². The Balaban J connectivity index is 1.68. The molecule has 2 aromatic heterocycles. The predicted octanol–water partition coefficient (Wildman–Crippen LogP) is 4.42. The molecule has 3 aromatic rings. The van der Waals surface area contributed by atoms with Crippen LogP contribution in [0.1, 0.15) is 49.8 Å². The number of H-pyrrole nitrogens is 1. The van der Waals surface area contributed by atoms with E-state index in [0.29, 0.717) is 5.92 Å². The summed E-state index contributed by atoms with van der Waals surface area (Å²) in [5.74, 6) is 1.58. The molecule has 25 heavy (non-hydrogen) atoms. The van der Waals surface area contributed by atoms with E-state index in [1.807, 2.05) is 6.20 Å². The van der Waals surface area contributed by atoms with E-state index in [1.54, 1.807) is 0 Å². The molecule has 2 aliphatic carbocycles. The fraction of sp³-hybridized carbons (Fsp3) is 0.429. The highest BCUT2D eigenvalue weighted by Crippen LogP contribution is 2.56. The first-order valence-corrected chi connectivity index (χ1v) is 9.09. The number of hydrogen-bond acceptors (Lipinski definition) is 3. The summed E-state index contributed by atoms with van der Waals surface area (Å²) in [6, 6.07) is 10.5. The first-order chi connectivity index (χ1) is 12.0. The molecule has 5 rings (SSSR count). The van der Waals surface area contributed by atoms with E-state index in [9.17, 15) is 0 Å². The Morgan fingerprint density at radius 1 is 1.16 bits per heavy atom. The smallest absolute Gasteiger partial charge is 0.145 e. The zero-order valence-electron chi connectivity index (χ0n) is 15.0. The molecule has 0 saturated heterocycles. The van der Waals surface area contributed by atoms with Crippen molar-refractivity contribution in [3.8, 4) is 11.3 Å². The summed E-state index contributed by atoms with van der Waals surface area (Å²) < 4.78 is 5.65. The van der Waals surface area contributed by atoms with Crippen LogP contribution in [0.2, 0.25) is 0 Å². The van der Waals surface area contributed by atoms with Crippen molar-refractivity contribution in [2.24, 2.45) is 5.92 Å². The number of hydrogen-bond donors (Lipinski definition) is 1. The topological polar surface area (TPSA) is 54.7 Å². The van der Waals surface area contributed by atoms with Crippen molar-refractivity contribution in [1.82, 2.24) is 15.4 Å². The highest BCUT2D eigenvalue weighted by Gasteiger charge is 2.55. The minimum atomic E-state index is -0.0193. The largest absolute Gasteiger partial charge is 0.361 e. The van der Waals surface area contributed by atoms with E-state index in [4.69, 9.17) is 9.62 Å². The molecular formula is C21H23N3O. The minimum absolute atomic E-state index is 0.0193. The van der Waals surface area contributed by atoms with Gasteiger partial charge in [0, 0.05) is 33.2 Å². The van der Waals surface area contributed by atoms with E-state index in [0.717, 1.165) is 30.7 Å². The number of nitrogens with one attached hydrogen (secondary N) is 1. The van der Waals surface area contributed by atoms with Gasteiger partial charge in [0.1, 0.15) is 5.76 Å². The summed E-state index contributed by atoms with van der Waals surface area (Å²) in [4.78, 5) is 0. The highest BCUT2D eigenvalue weighted by molar-refractivity contribution is 5.65. The molecule has 1 aromatic carbocycles. The Hall–Kier alpha value is -2.36. The normalized spacial score (nSPS) is 26.6. The molecule has 0 saturated carbocycles. The second-order valence-corrected chi connectivity index (χ2v) is 8.38. The Morgan fingerprint density at radius 3 is 2.76 bits per heavy atom. The second kappa shape index (κ2) is 4.84. The molecule has 2 aliphatic rings. The second-order valence-electron chi connectivity index (χ2n) is 8.38. The van der Waals surface area contributed by atoms with Crippen molar-refractivity contribution < 1.29 is 4.52 Å². The van der Waals surface area contributed by atoms with E-state index < -0.39 is 0 Å². The third-order valence-corrected chi connectivity index (χ3v) is 6.60. The molecule has 1 N–H and O–H groups in total. The third kappa shape index (κ3) is 1.88. The van der Waals surface area contributed by atoms with E-state index in [2.05, 4.69) is 61.4 Å². The molecule has 0 amide bonds. The van der Waals surface area contributed by atoms with Gasteiger partial charge in [0.25, 0.3) is 0 Å². The van der Waals surface area contributed by atoms with Crippen LogP contribution < -0.4 is 0 Å². The van der Waals surface area contributed by atoms with Gasteiger partial charge in [-0.05, 0) is 25.2 Å². The van der Waals surface area contributed by atoms with Crippen molar-refractivity contribution in [2.45, 2.75) is 50.9 Å². The maximum absolute atomic E-state index is 5.65. The predicted molar refractivity (Wildman–Crippen MR) is 96.4 cm³/mol. The van der Waals surface area contributed by atoms with Gasteiger partial charge < -0.3 is 4.52 Å². The summed E-state index contributed by atoms with van der Waals surface area (Å²) in [7, 11) is 0. The number of fused-ring (bicyclic) bond motifs is 4. The first kappa shape index (κ1) is 14.9. The van der Waals surface area contributed by atoms with Gasteiger partial charge in [-0.15, -0.1) is 0 Å². The standard InChI is InChI=1S/C21H23N3O/c1-20(2)16-10-9-15-17(13-7-5-4-6-8-13)23-24-18(15)21(16,3)11-14-12-22-25-19(14)20/h4-8,12,16H,9-11H2,1-3H3,(H,23,24)/t16-,21-/m0/s1. The molecule has 0 radical (unpaired) electrons. The van der Waals surface area contributed by atoms with Crippen LogP contribution in [0.5, 0.6) is 0 Å². The lowest BCUT2D eigenvalue weighted by Gasteiger charge is -2.51. The molecule has 128 valence electrons. The summed E-state index contributed by atoms with van der Waals surface area (Å²) in [6.07, 6.45) is 5.07. The van der Waals surface area contributed by atoms with Crippen LogP contribution in [0.3, 0.4) is 0 Å². The summed E-state index contributed by atoms with van der Waals surface area (Å²) in [6.45, 7) is 7.00. The fourth-order valence-electron chi connectivity index (χ4n) is 5.54. The number of aromatic nitrogens is 3. The Labute approximate surface area is 147 Å². The van der Waals surface area contributed by atoms with Crippen LogP contribution in [-0.2, 0) is 23.7 Å². The van der Waals surface area contributed by atoms with Gasteiger partial charge in [-0.25, -0.2) is 0 Å². The summed E-state index contributed by atoms with van der Waals surface area (Å²) >= 11 is 0. The molecule has 4 nitrogen and oxygen atoms in total. The first-order valence-electron chi connectivity index (χ1n) is 9.09. The van der Waals surface area contributed by atoms with Crippen LogP contribution in [0.15, 0.2) is 41.1 Å². The van der Waals surface area contributed by atoms with Crippen LogP contribution in [0.4, 0.5) is 0 Å². The van der Waals surface area contributed by atoms with Crippen molar-refractivity contribution in [1.29, 1.82) is 0 Å². The zero-order chi connectivity index (χ0) is 17.2. The van der Waals surface area contributed by atoms with E-state index in [-0.39, 0.29) is 10.8 Å². The Bertz CT molecular complexity index is 937. The highest BCUT2D eigenvalue weighted by atomic mass is 16.5. The average Bonchev–Trinajstić information content (AvgIpc) is 3.22. The van der Waals surface area contributed by atoms with Crippen LogP contribution in [-0.4, -0.2) is 15.4 Å². The molecular weight excluding hydrogens is 310 g/mol. The summed E-state index contributed by atoms with van der Waals surface area (Å²) in [5, 5.41) is 12.3. The quantitative estimate of drug-likeness (QED) is 0.717. The van der Waals surface area contributed by atoms with E-state index in [1.165, 1.54) is 22.4 Å². The van der Waals surface area contributed by atoms with Gasteiger partial charge in [0.2, 0.25) is 0 Å². The number of aromatic amines is 1. The molecule has 0 fully saturated rings. The maximum atomic E-state index is 5.65. The van der Waals surface area contributed by atoms with Gasteiger partial charge >= 0.3 is 0 Å². The van der Waals surface area contributed by atoms with Crippen LogP contribution >= 0.6 is 0 Å². The van der Waals surface area contributed by atoms with Crippen molar-refractivity contribution in [3.63, 3.8) is 0 Å². The molecule has 2 atom stereocenters. The fourth-order valence-corrected chi connectivity index (χ4v) is 5.54. The van der Waals surface area contributed by atoms with Gasteiger partial charge in [-0.2, -0.15) is 5.10 Å². The zero-order valence-corrected chi connectivity index (χ0v) is 15.0. The molecule has 4 heteroatoms. The minimum Gasteiger partial charge on any atom is -0.361 e. The third-order valence-electron chi connectivity index (χ3n) is 6.60. The van der Waals surface area contributed by atoms with E-state index >= 15 is 0 Å². The Kier molecular flexibility index (Phi) is 2.89.